The molecule has 0 saturated carbocycles. The number of fused-ring (bicyclic) bond motifs is 1. The van der Waals surface area contributed by atoms with Crippen LogP contribution >= 0.6 is 71.9 Å². The van der Waals surface area contributed by atoms with Crippen molar-refractivity contribution in [2.75, 3.05) is 0 Å². The number of benzene rings is 2. The Bertz CT molecular complexity index is 452. The van der Waals surface area contributed by atoms with Crippen LogP contribution in [0.5, 0.6) is 0 Å². The van der Waals surface area contributed by atoms with Crippen LogP contribution in [0.2, 0.25) is 0 Å². The summed E-state index contributed by atoms with van der Waals surface area (Å²) < 4.78 is 0. The van der Waals surface area contributed by atoms with Crippen molar-refractivity contribution in [1.29, 1.82) is 0 Å². The molecule has 0 bridgehead atoms. The molecule has 0 heterocycles. The van der Waals surface area contributed by atoms with E-state index in [1.165, 1.54) is 10.8 Å². The number of hydrogen-bond acceptors (Lipinski definition) is 0. The third-order valence-corrected chi connectivity index (χ3v) is 2.15. The van der Waals surface area contributed by atoms with E-state index in [9.17, 15) is 0 Å². The van der Waals surface area contributed by atoms with E-state index in [1.807, 2.05) is 30.3 Å². The first-order valence-electron chi connectivity index (χ1n) is 4.98. The standard InChI is InChI=1S/C9H7.C6H5.Hf.3HI/c1-2-5-9-7-3-6-8(9)4-1;1-2-4-6-5-3-1;;;;/h1-7H;1-5H;;3*1H/q2*-1;;;;. The molecule has 0 unspecified atom stereocenters. The molecule has 3 aromatic carbocycles. The first-order valence-corrected chi connectivity index (χ1v) is 4.98. The van der Waals surface area contributed by atoms with Crippen molar-refractivity contribution in [2.24, 2.45) is 0 Å². The SMILES string of the molecule is I.I.I.[Hf].[c-]1ccccc1.c1ccc2[cH-]ccc2c1. The van der Waals surface area contributed by atoms with Gasteiger partial charge in [-0.1, -0.05) is 6.07 Å². The van der Waals surface area contributed by atoms with Gasteiger partial charge in [-0.25, -0.2) is 0 Å². The van der Waals surface area contributed by atoms with Gasteiger partial charge in [-0.2, -0.15) is 53.9 Å². The van der Waals surface area contributed by atoms with Gasteiger partial charge in [0.25, 0.3) is 0 Å². The fourth-order valence-corrected chi connectivity index (χ4v) is 1.41. The van der Waals surface area contributed by atoms with Crippen molar-refractivity contribution in [3.05, 3.63) is 78.9 Å². The summed E-state index contributed by atoms with van der Waals surface area (Å²) in [6.07, 6.45) is 0. The maximum absolute atomic E-state index is 2.89. The Hall–Kier alpha value is 1.11. The third kappa shape index (κ3) is 9.62. The average Bonchev–Trinajstić information content (AvgIpc) is 2.80. The summed E-state index contributed by atoms with van der Waals surface area (Å²) >= 11 is 0. The minimum atomic E-state index is 0. The largest absolute Gasteiger partial charge is 0.184 e. The van der Waals surface area contributed by atoms with Crippen molar-refractivity contribution in [1.82, 2.24) is 0 Å². The second-order valence-corrected chi connectivity index (χ2v) is 3.23. The molecule has 4 heteroatoms. The molecular formula is C15H15HfI3-2. The summed E-state index contributed by atoms with van der Waals surface area (Å²) in [6.45, 7) is 0. The van der Waals surface area contributed by atoms with Crippen LogP contribution in [0.3, 0.4) is 0 Å². The monoisotopic (exact) mass is 756 g/mol. The molecule has 19 heavy (non-hydrogen) atoms. The zero-order valence-electron chi connectivity index (χ0n) is 10.2. The normalized spacial score (nSPS) is 7.37. The van der Waals surface area contributed by atoms with Gasteiger partial charge >= 0.3 is 0 Å². The van der Waals surface area contributed by atoms with Crippen LogP contribution in [0.15, 0.2) is 72.8 Å². The third-order valence-electron chi connectivity index (χ3n) is 2.15. The molecule has 0 spiro atoms. The molecule has 0 aliphatic rings. The first kappa shape index (κ1) is 25.1. The fourth-order valence-electron chi connectivity index (χ4n) is 1.41. The van der Waals surface area contributed by atoms with Gasteiger partial charge in [0.1, 0.15) is 0 Å². The average molecular weight is 754 g/mol. The van der Waals surface area contributed by atoms with Gasteiger partial charge in [0, 0.05) is 25.8 Å². The van der Waals surface area contributed by atoms with Crippen molar-refractivity contribution in [3.63, 3.8) is 0 Å². The summed E-state index contributed by atoms with van der Waals surface area (Å²) in [6, 6.07) is 27.2. The molecule has 3 rings (SSSR count). The molecule has 0 saturated heterocycles. The molecule has 0 aromatic heterocycles. The van der Waals surface area contributed by atoms with Crippen LogP contribution in [0.1, 0.15) is 0 Å². The van der Waals surface area contributed by atoms with Crippen LogP contribution in [0.25, 0.3) is 10.8 Å². The quantitative estimate of drug-likeness (QED) is 0.153. The molecule has 0 atom stereocenters. The van der Waals surface area contributed by atoms with Crippen LogP contribution in [-0.2, 0) is 25.8 Å². The Morgan fingerprint density at radius 3 is 1.84 bits per heavy atom. The number of rotatable bonds is 0. The molecule has 0 nitrogen and oxygen atoms in total. The predicted octanol–water partition coefficient (Wildman–Crippen LogP) is 5.90. The van der Waals surface area contributed by atoms with Gasteiger partial charge in [0.15, 0.2) is 0 Å². The van der Waals surface area contributed by atoms with Gasteiger partial charge < -0.3 is 0 Å². The maximum Gasteiger partial charge on any atom is 0 e. The molecular weight excluding hydrogens is 739 g/mol. The molecule has 0 radical (unpaired) electrons. The zero-order chi connectivity index (χ0) is 10.3. The van der Waals surface area contributed by atoms with Crippen LogP contribution < -0.4 is 0 Å². The second kappa shape index (κ2) is 15.5. The molecule has 0 fully saturated rings. The second-order valence-electron chi connectivity index (χ2n) is 3.23. The van der Waals surface area contributed by atoms with E-state index in [0.717, 1.165) is 0 Å². The Morgan fingerprint density at radius 2 is 1.37 bits per heavy atom. The summed E-state index contributed by atoms with van der Waals surface area (Å²) in [5.41, 5.74) is 0. The number of halogens is 3. The summed E-state index contributed by atoms with van der Waals surface area (Å²) in [7, 11) is 0. The molecule has 0 amide bonds. The van der Waals surface area contributed by atoms with Gasteiger partial charge in [-0.3, -0.25) is 0 Å². The zero-order valence-corrected chi connectivity index (χ0v) is 20.7. The van der Waals surface area contributed by atoms with Crippen LogP contribution in [0.4, 0.5) is 0 Å². The van der Waals surface area contributed by atoms with Crippen LogP contribution in [-0.4, -0.2) is 0 Å². The van der Waals surface area contributed by atoms with E-state index in [0.29, 0.717) is 0 Å². The van der Waals surface area contributed by atoms with E-state index in [4.69, 9.17) is 0 Å². The molecule has 102 valence electrons. The molecule has 3 aromatic rings. The van der Waals surface area contributed by atoms with Gasteiger partial charge in [0.05, 0.1) is 0 Å². The Labute approximate surface area is 185 Å². The van der Waals surface area contributed by atoms with Crippen molar-refractivity contribution >= 4 is 82.7 Å². The van der Waals surface area contributed by atoms with E-state index < -0.39 is 0 Å². The smallest absolute Gasteiger partial charge is 0 e. The van der Waals surface area contributed by atoms with Crippen molar-refractivity contribution in [2.45, 2.75) is 0 Å². The van der Waals surface area contributed by atoms with Gasteiger partial charge in [-0.05, 0) is 0 Å². The topological polar surface area (TPSA) is 0 Å². The fraction of sp³-hybridized carbons (Fsp3) is 0. The first-order chi connectivity index (χ1) is 7.47. The molecule has 0 aliphatic carbocycles. The maximum atomic E-state index is 2.89. The summed E-state index contributed by atoms with van der Waals surface area (Å²) in [5, 5.41) is 2.66. The minimum Gasteiger partial charge on any atom is -0.184 e. The summed E-state index contributed by atoms with van der Waals surface area (Å²) in [4.78, 5) is 0. The molecule has 0 N–H and O–H groups in total. The van der Waals surface area contributed by atoms with Crippen LogP contribution in [0, 0.1) is 6.07 Å². The Balaban J connectivity index is -0.000000234. The van der Waals surface area contributed by atoms with Crippen molar-refractivity contribution < 1.29 is 25.8 Å². The molecule has 0 aliphatic heterocycles. The van der Waals surface area contributed by atoms with E-state index in [1.54, 1.807) is 0 Å². The van der Waals surface area contributed by atoms with Crippen molar-refractivity contribution in [3.8, 4) is 0 Å². The van der Waals surface area contributed by atoms with Gasteiger partial charge in [-0.15, -0.1) is 102 Å². The van der Waals surface area contributed by atoms with E-state index >= 15 is 0 Å². The number of hydrogen-bond donors (Lipinski definition) is 0. The summed E-state index contributed by atoms with van der Waals surface area (Å²) in [5.74, 6) is 0. The van der Waals surface area contributed by atoms with Gasteiger partial charge in [0.2, 0.25) is 0 Å². The van der Waals surface area contributed by atoms with E-state index in [2.05, 4.69) is 48.5 Å². The minimum absolute atomic E-state index is 0. The Morgan fingerprint density at radius 1 is 0.737 bits per heavy atom. The Kier molecular flexibility index (Phi) is 20.5. The predicted molar refractivity (Wildman–Crippen MR) is 111 cm³/mol. The van der Waals surface area contributed by atoms with E-state index in [-0.39, 0.29) is 97.8 Å².